The highest BCUT2D eigenvalue weighted by Gasteiger charge is 2.33. The zero-order valence-electron chi connectivity index (χ0n) is 17.0. The van der Waals surface area contributed by atoms with E-state index in [1.165, 1.54) is 24.6 Å². The molecule has 0 radical (unpaired) electrons. The summed E-state index contributed by atoms with van der Waals surface area (Å²) in [7, 11) is 0. The first-order valence-electron chi connectivity index (χ1n) is 10.6. The molecule has 1 aliphatic carbocycles. The fourth-order valence-electron chi connectivity index (χ4n) is 3.58. The third-order valence-electron chi connectivity index (χ3n) is 5.42. The average molecular weight is 409 g/mol. The van der Waals surface area contributed by atoms with Crippen molar-refractivity contribution < 1.29 is 9.59 Å². The number of piperidine rings is 1. The molecule has 1 aliphatic heterocycles. The van der Waals surface area contributed by atoms with E-state index in [0.717, 1.165) is 51.6 Å². The summed E-state index contributed by atoms with van der Waals surface area (Å²) >= 11 is 1.41. The van der Waals surface area contributed by atoms with Gasteiger partial charge in [0, 0.05) is 19.6 Å². The van der Waals surface area contributed by atoms with Crippen molar-refractivity contribution in [2.45, 2.75) is 81.7 Å². The molecule has 0 spiro atoms. The normalized spacial score (nSPS) is 20.8. The molecule has 2 fully saturated rings. The zero-order valence-corrected chi connectivity index (χ0v) is 17.8. The third kappa shape index (κ3) is 5.68. The first-order valence-corrected chi connectivity index (χ1v) is 11.5. The van der Waals surface area contributed by atoms with Crippen LogP contribution < -0.4 is 5.32 Å². The molecule has 2 heterocycles. The van der Waals surface area contributed by atoms with Crippen LogP contribution in [0.1, 0.15) is 71.3 Å². The fraction of sp³-hybridized carbons (Fsp3) is 0.842. The van der Waals surface area contributed by atoms with Gasteiger partial charge in [-0.1, -0.05) is 37.9 Å². The van der Waals surface area contributed by atoms with Crippen LogP contribution in [-0.2, 0) is 9.59 Å². The Hall–Kier alpha value is -1.64. The minimum atomic E-state index is -0.264. The van der Waals surface area contributed by atoms with Gasteiger partial charge in [0.15, 0.2) is 0 Å². The van der Waals surface area contributed by atoms with Crippen molar-refractivity contribution in [2.24, 2.45) is 5.92 Å². The number of carbonyl (C=O) groups excluding carboxylic acids is 2. The number of hydrogen-bond donors (Lipinski definition) is 1. The van der Waals surface area contributed by atoms with Gasteiger partial charge in [-0.2, -0.15) is 0 Å². The smallest absolute Gasteiger partial charge is 0.235 e. The molecule has 9 heteroatoms. The summed E-state index contributed by atoms with van der Waals surface area (Å²) in [6.07, 6.45) is 8.50. The monoisotopic (exact) mass is 408 g/mol. The summed E-state index contributed by atoms with van der Waals surface area (Å²) < 4.78 is 1.83. The van der Waals surface area contributed by atoms with Crippen molar-refractivity contribution in [1.29, 1.82) is 0 Å². The van der Waals surface area contributed by atoms with Crippen LogP contribution in [0.3, 0.4) is 0 Å². The first kappa shape index (κ1) is 21.1. The molecule has 1 saturated heterocycles. The lowest BCUT2D eigenvalue weighted by Gasteiger charge is -2.33. The summed E-state index contributed by atoms with van der Waals surface area (Å²) in [5.74, 6) is 0.0561. The van der Waals surface area contributed by atoms with Crippen LogP contribution in [-0.4, -0.2) is 61.8 Å². The van der Waals surface area contributed by atoms with Crippen LogP contribution in [0, 0.1) is 5.92 Å². The number of rotatable bonds is 10. The van der Waals surface area contributed by atoms with E-state index in [2.05, 4.69) is 27.8 Å². The first-order chi connectivity index (χ1) is 13.6. The summed E-state index contributed by atoms with van der Waals surface area (Å²) in [6, 6.07) is 0.389. The van der Waals surface area contributed by atoms with Gasteiger partial charge in [0.05, 0.1) is 17.2 Å². The Balaban J connectivity index is 1.46. The van der Waals surface area contributed by atoms with Crippen molar-refractivity contribution in [3.63, 3.8) is 0 Å². The molecule has 156 valence electrons. The molecule has 2 amide bonds. The molecular weight excluding hydrogens is 376 g/mol. The maximum atomic E-state index is 12.9. The highest BCUT2D eigenvalue weighted by Crippen LogP contribution is 2.37. The number of hydrogen-bond acceptors (Lipinski definition) is 6. The molecule has 1 aromatic rings. The number of thioether (sulfide) groups is 1. The summed E-state index contributed by atoms with van der Waals surface area (Å²) in [4.78, 5) is 27.2. The second-order valence-corrected chi connectivity index (χ2v) is 9.18. The minimum Gasteiger partial charge on any atom is -0.356 e. The molecule has 3 rings (SSSR count). The van der Waals surface area contributed by atoms with Crippen molar-refractivity contribution in [3.05, 3.63) is 0 Å². The number of amides is 2. The highest BCUT2D eigenvalue weighted by molar-refractivity contribution is 8.00. The lowest BCUT2D eigenvalue weighted by Crippen LogP contribution is -2.47. The van der Waals surface area contributed by atoms with Gasteiger partial charge in [-0.15, -0.1) is 5.10 Å². The van der Waals surface area contributed by atoms with Gasteiger partial charge in [0.2, 0.25) is 17.0 Å². The molecule has 1 aromatic heterocycles. The Kier molecular flexibility index (Phi) is 7.70. The summed E-state index contributed by atoms with van der Waals surface area (Å²) in [5, 5.41) is 15.4. The fourth-order valence-corrected chi connectivity index (χ4v) is 4.52. The quantitative estimate of drug-likeness (QED) is 0.472. The van der Waals surface area contributed by atoms with E-state index in [1.54, 1.807) is 0 Å². The van der Waals surface area contributed by atoms with Crippen molar-refractivity contribution >= 4 is 23.6 Å². The second kappa shape index (κ2) is 10.2. The third-order valence-corrected chi connectivity index (χ3v) is 6.45. The van der Waals surface area contributed by atoms with Crippen molar-refractivity contribution in [3.8, 4) is 0 Å². The molecule has 8 nitrogen and oxygen atoms in total. The van der Waals surface area contributed by atoms with Crippen molar-refractivity contribution in [1.82, 2.24) is 30.4 Å². The predicted octanol–water partition coefficient (Wildman–Crippen LogP) is 2.42. The number of tetrazole rings is 1. The topological polar surface area (TPSA) is 93.0 Å². The molecule has 2 atom stereocenters. The molecule has 1 N–H and O–H groups in total. The summed E-state index contributed by atoms with van der Waals surface area (Å²) in [5.41, 5.74) is 0. The van der Waals surface area contributed by atoms with Gasteiger partial charge in [0.1, 0.15) is 0 Å². The van der Waals surface area contributed by atoms with E-state index in [4.69, 9.17) is 0 Å². The average Bonchev–Trinajstić information content (AvgIpc) is 3.46. The van der Waals surface area contributed by atoms with Gasteiger partial charge in [0.25, 0.3) is 0 Å². The SMILES string of the molecule is CCCCCCNC(=O)C1CCCN(C(=O)C(C)Sc2nnnn2C2CC2)C1. The van der Waals surface area contributed by atoms with Gasteiger partial charge >= 0.3 is 0 Å². The molecule has 0 bridgehead atoms. The molecule has 2 unspecified atom stereocenters. The molecule has 28 heavy (non-hydrogen) atoms. The van der Waals surface area contributed by atoms with Crippen LogP contribution >= 0.6 is 11.8 Å². The van der Waals surface area contributed by atoms with Crippen molar-refractivity contribution in [2.75, 3.05) is 19.6 Å². The molecule has 1 saturated carbocycles. The predicted molar refractivity (Wildman–Crippen MR) is 108 cm³/mol. The second-order valence-electron chi connectivity index (χ2n) is 7.87. The number of nitrogens with one attached hydrogen (secondary N) is 1. The van der Waals surface area contributed by atoms with Crippen LogP contribution in [0.15, 0.2) is 5.16 Å². The maximum absolute atomic E-state index is 12.9. The number of likely N-dealkylation sites (tertiary alicyclic amines) is 1. The highest BCUT2D eigenvalue weighted by atomic mass is 32.2. The van der Waals surface area contributed by atoms with E-state index in [0.29, 0.717) is 17.7 Å². The summed E-state index contributed by atoms with van der Waals surface area (Å²) in [6.45, 7) is 6.04. The van der Waals surface area contributed by atoms with E-state index in [9.17, 15) is 9.59 Å². The molecule has 0 aromatic carbocycles. The van der Waals surface area contributed by atoms with Gasteiger partial charge in [-0.25, -0.2) is 4.68 Å². The van der Waals surface area contributed by atoms with Crippen LogP contribution in [0.25, 0.3) is 0 Å². The number of carbonyl (C=O) groups is 2. The van der Waals surface area contributed by atoms with Crippen LogP contribution in [0.5, 0.6) is 0 Å². The number of nitrogens with zero attached hydrogens (tertiary/aromatic N) is 5. The Morgan fingerprint density at radius 2 is 2.07 bits per heavy atom. The Bertz CT molecular complexity index is 663. The maximum Gasteiger partial charge on any atom is 0.235 e. The van der Waals surface area contributed by atoms with Gasteiger partial charge < -0.3 is 10.2 Å². The number of aromatic nitrogens is 4. The van der Waals surface area contributed by atoms with E-state index >= 15 is 0 Å². The Labute approximate surface area is 171 Å². The lowest BCUT2D eigenvalue weighted by molar-refractivity contribution is -0.135. The zero-order chi connectivity index (χ0) is 19.9. The van der Waals surface area contributed by atoms with Gasteiger partial charge in [-0.05, 0) is 49.5 Å². The minimum absolute atomic E-state index is 0.0655. The van der Waals surface area contributed by atoms with E-state index in [1.807, 2.05) is 16.5 Å². The van der Waals surface area contributed by atoms with Crippen LogP contribution in [0.4, 0.5) is 0 Å². The lowest BCUT2D eigenvalue weighted by atomic mass is 9.97. The Morgan fingerprint density at radius 3 is 2.82 bits per heavy atom. The van der Waals surface area contributed by atoms with E-state index < -0.39 is 0 Å². The van der Waals surface area contributed by atoms with Crippen LogP contribution in [0.2, 0.25) is 0 Å². The molecular formula is C19H32N6O2S. The largest absolute Gasteiger partial charge is 0.356 e. The standard InChI is InChI=1S/C19H32N6O2S/c1-3-4-5-6-11-20-17(26)15-8-7-12-24(13-15)18(27)14(2)28-19-21-22-23-25(19)16-9-10-16/h14-16H,3-13H2,1-2H3,(H,20,26). The number of unbranched alkanes of at least 4 members (excludes halogenated alkanes) is 3. The van der Waals surface area contributed by atoms with E-state index in [-0.39, 0.29) is 23.0 Å². The Morgan fingerprint density at radius 1 is 1.25 bits per heavy atom. The van der Waals surface area contributed by atoms with Gasteiger partial charge in [-0.3, -0.25) is 9.59 Å². The molecule has 2 aliphatic rings.